The van der Waals surface area contributed by atoms with Crippen LogP contribution in [-0.4, -0.2) is 41.5 Å². The van der Waals surface area contributed by atoms with E-state index < -0.39 is 4.33 Å². The fourth-order valence-corrected chi connectivity index (χ4v) is 2.45. The van der Waals surface area contributed by atoms with Crippen molar-refractivity contribution in [1.82, 2.24) is 10.2 Å². The third-order valence-electron chi connectivity index (χ3n) is 2.96. The van der Waals surface area contributed by atoms with Crippen LogP contribution in [0.15, 0.2) is 12.2 Å². The molecule has 1 saturated heterocycles. The van der Waals surface area contributed by atoms with E-state index in [0.717, 1.165) is 39.0 Å². The van der Waals surface area contributed by atoms with Gasteiger partial charge >= 0.3 is 0 Å². The van der Waals surface area contributed by atoms with Crippen molar-refractivity contribution in [1.29, 1.82) is 0 Å². The number of nitrogens with one attached hydrogen (secondary N) is 1. The fraction of sp³-hybridized carbons (Fsp3) is 0.800. The second-order valence-corrected chi connectivity index (χ2v) is 5.55. The molecular weight excluding hydrogens is 219 g/mol. The number of hydrogen-bond donors (Lipinski definition) is 1. The Bertz CT molecular complexity index is 222. The minimum atomic E-state index is -0.620. The number of nitrogens with zero attached hydrogens (tertiary/aromatic N) is 1. The summed E-state index contributed by atoms with van der Waals surface area (Å²) in [6, 6.07) is 0.544. The first kappa shape index (κ1) is 10.7. The van der Waals surface area contributed by atoms with E-state index in [-0.39, 0.29) is 0 Å². The van der Waals surface area contributed by atoms with E-state index in [1.54, 1.807) is 0 Å². The average Bonchev–Trinajstić information content (AvgIpc) is 2.19. The van der Waals surface area contributed by atoms with Crippen LogP contribution in [0.1, 0.15) is 12.8 Å². The van der Waals surface area contributed by atoms with Crippen molar-refractivity contribution in [2.45, 2.75) is 23.2 Å². The van der Waals surface area contributed by atoms with Crippen LogP contribution in [0.3, 0.4) is 0 Å². The van der Waals surface area contributed by atoms with Crippen LogP contribution in [-0.2, 0) is 0 Å². The molecule has 2 nitrogen and oxygen atoms in total. The summed E-state index contributed by atoms with van der Waals surface area (Å²) in [7, 11) is 0. The summed E-state index contributed by atoms with van der Waals surface area (Å²) in [5.41, 5.74) is 0. The zero-order valence-electron chi connectivity index (χ0n) is 8.18. The van der Waals surface area contributed by atoms with E-state index in [9.17, 15) is 0 Å². The Labute approximate surface area is 95.2 Å². The molecule has 1 aliphatic heterocycles. The Morgan fingerprint density at radius 2 is 2.00 bits per heavy atom. The van der Waals surface area contributed by atoms with Gasteiger partial charge in [0.2, 0.25) is 0 Å². The molecule has 0 spiro atoms. The van der Waals surface area contributed by atoms with E-state index >= 15 is 0 Å². The Morgan fingerprint density at radius 1 is 1.29 bits per heavy atom. The second-order valence-electron chi connectivity index (χ2n) is 4.01. The second kappa shape index (κ2) is 4.40. The minimum absolute atomic E-state index is 0.544. The summed E-state index contributed by atoms with van der Waals surface area (Å²) in [6.07, 6.45) is 6.03. The molecule has 1 atom stereocenters. The van der Waals surface area contributed by atoms with E-state index in [0.29, 0.717) is 6.04 Å². The molecule has 1 N–H and O–H groups in total. The van der Waals surface area contributed by atoms with E-state index in [4.69, 9.17) is 23.2 Å². The summed E-state index contributed by atoms with van der Waals surface area (Å²) in [5, 5.41) is 3.35. The standard InChI is InChI=1S/C10H16Cl2N2/c11-10(12)3-1-9(2-4-10)14-7-5-13-6-8-14/h1,3,9,13H,2,4-8H2/t9-/m1/s1. The van der Waals surface area contributed by atoms with Gasteiger partial charge in [0, 0.05) is 32.2 Å². The van der Waals surface area contributed by atoms with Gasteiger partial charge in [-0.1, -0.05) is 35.4 Å². The lowest BCUT2D eigenvalue weighted by Gasteiger charge is -2.36. The molecule has 0 amide bonds. The van der Waals surface area contributed by atoms with Gasteiger partial charge in [-0.25, -0.2) is 0 Å². The zero-order chi connectivity index (χ0) is 10.0. The summed E-state index contributed by atoms with van der Waals surface area (Å²) < 4.78 is -0.620. The molecule has 80 valence electrons. The third kappa shape index (κ3) is 2.63. The lowest BCUT2D eigenvalue weighted by Crippen LogP contribution is -2.48. The first-order valence-corrected chi connectivity index (χ1v) is 5.95. The van der Waals surface area contributed by atoms with Crippen molar-refractivity contribution in [3.05, 3.63) is 12.2 Å². The van der Waals surface area contributed by atoms with E-state index in [2.05, 4.69) is 16.3 Å². The van der Waals surface area contributed by atoms with Crippen LogP contribution < -0.4 is 5.32 Å². The molecule has 0 unspecified atom stereocenters. The first-order chi connectivity index (χ1) is 6.67. The number of halogens is 2. The highest BCUT2D eigenvalue weighted by molar-refractivity contribution is 6.49. The molecule has 2 rings (SSSR count). The summed E-state index contributed by atoms with van der Waals surface area (Å²) in [6.45, 7) is 4.45. The largest absolute Gasteiger partial charge is 0.314 e. The first-order valence-electron chi connectivity index (χ1n) is 5.19. The van der Waals surface area contributed by atoms with Gasteiger partial charge in [-0.05, 0) is 12.8 Å². The quantitative estimate of drug-likeness (QED) is 0.550. The summed E-state index contributed by atoms with van der Waals surface area (Å²) in [5.74, 6) is 0. The molecule has 0 aromatic rings. The van der Waals surface area contributed by atoms with Crippen molar-refractivity contribution < 1.29 is 0 Å². The van der Waals surface area contributed by atoms with Crippen LogP contribution in [0.5, 0.6) is 0 Å². The molecule has 2 aliphatic rings. The average molecular weight is 235 g/mol. The number of allylic oxidation sites excluding steroid dienone is 1. The van der Waals surface area contributed by atoms with Crippen LogP contribution >= 0.6 is 23.2 Å². The number of rotatable bonds is 1. The molecule has 1 aliphatic carbocycles. The Hall–Kier alpha value is 0.240. The van der Waals surface area contributed by atoms with Gasteiger partial charge in [-0.15, -0.1) is 0 Å². The van der Waals surface area contributed by atoms with Crippen molar-refractivity contribution in [3.63, 3.8) is 0 Å². The smallest absolute Gasteiger partial charge is 0.136 e. The zero-order valence-corrected chi connectivity index (χ0v) is 9.69. The predicted molar refractivity (Wildman–Crippen MR) is 61.0 cm³/mol. The lowest BCUT2D eigenvalue weighted by atomic mass is 10.00. The predicted octanol–water partition coefficient (Wildman–Crippen LogP) is 1.78. The van der Waals surface area contributed by atoms with Gasteiger partial charge in [-0.3, -0.25) is 4.90 Å². The molecule has 0 aromatic heterocycles. The highest BCUT2D eigenvalue weighted by Crippen LogP contribution is 2.34. The molecule has 1 heterocycles. The molecule has 0 radical (unpaired) electrons. The van der Waals surface area contributed by atoms with Crippen LogP contribution in [0.4, 0.5) is 0 Å². The molecule has 4 heteroatoms. The summed E-state index contributed by atoms with van der Waals surface area (Å²) >= 11 is 12.0. The maximum Gasteiger partial charge on any atom is 0.136 e. The highest BCUT2D eigenvalue weighted by Gasteiger charge is 2.29. The van der Waals surface area contributed by atoms with Gasteiger partial charge < -0.3 is 5.32 Å². The Balaban J connectivity index is 1.93. The van der Waals surface area contributed by atoms with Crippen molar-refractivity contribution in [2.75, 3.05) is 26.2 Å². The number of piperazine rings is 1. The number of hydrogen-bond acceptors (Lipinski definition) is 2. The van der Waals surface area contributed by atoms with Gasteiger partial charge in [0.1, 0.15) is 4.33 Å². The topological polar surface area (TPSA) is 15.3 Å². The maximum absolute atomic E-state index is 6.02. The highest BCUT2D eigenvalue weighted by atomic mass is 35.5. The van der Waals surface area contributed by atoms with Crippen molar-refractivity contribution in [3.8, 4) is 0 Å². The van der Waals surface area contributed by atoms with Crippen LogP contribution in [0, 0.1) is 0 Å². The monoisotopic (exact) mass is 234 g/mol. The number of alkyl halides is 2. The van der Waals surface area contributed by atoms with Crippen molar-refractivity contribution >= 4 is 23.2 Å². The SMILES string of the molecule is ClC1(Cl)C=C[C@@H](N2CCNCC2)CC1. The van der Waals surface area contributed by atoms with Gasteiger partial charge in [0.25, 0.3) is 0 Å². The van der Waals surface area contributed by atoms with Gasteiger partial charge in [0.15, 0.2) is 0 Å². The van der Waals surface area contributed by atoms with Crippen LogP contribution in [0.2, 0.25) is 0 Å². The third-order valence-corrected chi connectivity index (χ3v) is 3.59. The lowest BCUT2D eigenvalue weighted by molar-refractivity contribution is 0.188. The van der Waals surface area contributed by atoms with Crippen molar-refractivity contribution in [2.24, 2.45) is 0 Å². The van der Waals surface area contributed by atoms with Crippen LogP contribution in [0.25, 0.3) is 0 Å². The van der Waals surface area contributed by atoms with E-state index in [1.807, 2.05) is 6.08 Å². The normalized spacial score (nSPS) is 33.1. The maximum atomic E-state index is 6.02. The van der Waals surface area contributed by atoms with Gasteiger partial charge in [0.05, 0.1) is 0 Å². The Morgan fingerprint density at radius 3 is 2.57 bits per heavy atom. The molecule has 14 heavy (non-hydrogen) atoms. The molecular formula is C10H16Cl2N2. The van der Waals surface area contributed by atoms with E-state index in [1.165, 1.54) is 0 Å². The Kier molecular flexibility index (Phi) is 3.38. The molecule has 1 fully saturated rings. The molecule has 0 saturated carbocycles. The molecule has 0 aromatic carbocycles. The summed E-state index contributed by atoms with van der Waals surface area (Å²) in [4.78, 5) is 2.50. The van der Waals surface area contributed by atoms with Gasteiger partial charge in [-0.2, -0.15) is 0 Å². The minimum Gasteiger partial charge on any atom is -0.314 e. The fourth-order valence-electron chi connectivity index (χ4n) is 2.09. The molecule has 0 bridgehead atoms.